The summed E-state index contributed by atoms with van der Waals surface area (Å²) < 4.78 is 0. The molecular weight excluding hydrogens is 387 g/mol. The van der Waals surface area contributed by atoms with Gasteiger partial charge in [-0.05, 0) is 48.9 Å². The number of thioether (sulfide) groups is 1. The van der Waals surface area contributed by atoms with Gasteiger partial charge < -0.3 is 10.6 Å². The maximum atomic E-state index is 6.13. The molecule has 0 spiro atoms. The Labute approximate surface area is 167 Å². The van der Waals surface area contributed by atoms with E-state index in [1.165, 1.54) is 17.3 Å². The molecule has 2 N–H and O–H groups in total. The molecule has 0 fully saturated rings. The zero-order valence-corrected chi connectivity index (χ0v) is 16.5. The molecule has 134 valence electrons. The van der Waals surface area contributed by atoms with Gasteiger partial charge in [-0.3, -0.25) is 0 Å². The van der Waals surface area contributed by atoms with Gasteiger partial charge in [0.25, 0.3) is 0 Å². The molecule has 0 amide bonds. The van der Waals surface area contributed by atoms with Gasteiger partial charge in [0.05, 0.1) is 10.7 Å². The second-order valence-corrected chi connectivity index (χ2v) is 7.45. The number of nitrogens with one attached hydrogen (secondary N) is 2. The normalized spacial score (nSPS) is 15.4. The number of aliphatic imine (C=N–C) groups is 2. The molecule has 0 atom stereocenters. The van der Waals surface area contributed by atoms with E-state index in [9.17, 15) is 0 Å². The van der Waals surface area contributed by atoms with Crippen molar-refractivity contribution in [2.45, 2.75) is 13.3 Å². The highest BCUT2D eigenvalue weighted by atomic mass is 35.5. The topological polar surface area (TPSA) is 48.8 Å². The summed E-state index contributed by atoms with van der Waals surface area (Å²) >= 11 is 13.5. The van der Waals surface area contributed by atoms with Crippen LogP contribution in [0.1, 0.15) is 12.5 Å². The van der Waals surface area contributed by atoms with E-state index in [1.807, 2.05) is 19.1 Å². The quantitative estimate of drug-likeness (QED) is 0.662. The number of amidine groups is 2. The van der Waals surface area contributed by atoms with Gasteiger partial charge in [0.15, 0.2) is 10.3 Å². The minimum absolute atomic E-state index is 0.560. The molecular formula is C19H18Cl2N4S. The predicted octanol–water partition coefficient (Wildman–Crippen LogP) is 5.56. The molecule has 4 nitrogen and oxygen atoms in total. The number of anilines is 1. The van der Waals surface area contributed by atoms with Crippen LogP contribution in [0.15, 0.2) is 70.4 Å². The fourth-order valence-electron chi connectivity index (χ4n) is 2.24. The summed E-state index contributed by atoms with van der Waals surface area (Å²) in [4.78, 5) is 8.69. The standard InChI is InChI=1S/C19H18Cl2N4S/c1-13(22-10-9-14-5-3-2-4-6-14)12-23-18-25-19(26-18)24-17-8-7-15(20)11-16(17)21/h2-8,11-12,22H,9-10H2,1H3,(H,23,24,25)/b13-12+. The van der Waals surface area contributed by atoms with Gasteiger partial charge in [-0.25, -0.2) is 4.99 Å². The first kappa shape index (κ1) is 18.8. The number of benzene rings is 2. The number of rotatable bonds is 6. The van der Waals surface area contributed by atoms with Crippen LogP contribution in [0.3, 0.4) is 0 Å². The van der Waals surface area contributed by atoms with Gasteiger partial charge in [-0.1, -0.05) is 53.5 Å². The molecule has 2 aromatic rings. The van der Waals surface area contributed by atoms with Crippen molar-refractivity contribution in [1.29, 1.82) is 0 Å². The average molecular weight is 405 g/mol. The van der Waals surface area contributed by atoms with E-state index in [2.05, 4.69) is 44.9 Å². The lowest BCUT2D eigenvalue weighted by Crippen LogP contribution is -2.19. The van der Waals surface area contributed by atoms with Crippen molar-refractivity contribution in [2.75, 3.05) is 11.9 Å². The first-order chi connectivity index (χ1) is 12.6. The Morgan fingerprint density at radius 1 is 1.19 bits per heavy atom. The van der Waals surface area contributed by atoms with Gasteiger partial charge in [0, 0.05) is 23.5 Å². The third-order valence-corrected chi connectivity index (χ3v) is 4.90. The average Bonchev–Trinajstić information content (AvgIpc) is 2.59. The maximum absolute atomic E-state index is 6.13. The molecule has 3 rings (SSSR count). The molecule has 2 aromatic carbocycles. The van der Waals surface area contributed by atoms with Crippen molar-refractivity contribution in [3.63, 3.8) is 0 Å². The van der Waals surface area contributed by atoms with Crippen molar-refractivity contribution in [3.05, 3.63) is 76.0 Å². The minimum atomic E-state index is 0.560. The first-order valence-corrected chi connectivity index (χ1v) is 9.68. The largest absolute Gasteiger partial charge is 0.387 e. The molecule has 0 aromatic heterocycles. The fourth-order valence-corrected chi connectivity index (χ4v) is 3.27. The third kappa shape index (κ3) is 5.53. The molecule has 1 aliphatic rings. The summed E-state index contributed by atoms with van der Waals surface area (Å²) in [5, 5.41) is 9.13. The van der Waals surface area contributed by atoms with Gasteiger partial charge in [0.2, 0.25) is 0 Å². The number of hydrogen-bond acceptors (Lipinski definition) is 4. The van der Waals surface area contributed by atoms with E-state index in [4.69, 9.17) is 23.2 Å². The second-order valence-electron chi connectivity index (χ2n) is 5.65. The first-order valence-electron chi connectivity index (χ1n) is 8.11. The molecule has 0 bridgehead atoms. The Morgan fingerprint density at radius 3 is 2.69 bits per heavy atom. The lowest BCUT2D eigenvalue weighted by molar-refractivity contribution is 0.785. The van der Waals surface area contributed by atoms with Crippen LogP contribution >= 0.6 is 35.0 Å². The minimum Gasteiger partial charge on any atom is -0.387 e. The molecule has 1 heterocycles. The summed E-state index contributed by atoms with van der Waals surface area (Å²) in [6.45, 7) is 2.87. The van der Waals surface area contributed by atoms with Crippen LogP contribution in [0, 0.1) is 0 Å². The van der Waals surface area contributed by atoms with Crippen LogP contribution in [0.25, 0.3) is 0 Å². The van der Waals surface area contributed by atoms with Crippen LogP contribution in [-0.4, -0.2) is 16.9 Å². The highest BCUT2D eigenvalue weighted by Crippen LogP contribution is 2.29. The van der Waals surface area contributed by atoms with E-state index in [0.29, 0.717) is 15.2 Å². The highest BCUT2D eigenvalue weighted by Gasteiger charge is 2.18. The molecule has 0 unspecified atom stereocenters. The third-order valence-electron chi connectivity index (χ3n) is 3.59. The smallest absolute Gasteiger partial charge is 0.197 e. The number of halogens is 2. The van der Waals surface area contributed by atoms with Gasteiger partial charge in [0.1, 0.15) is 0 Å². The van der Waals surface area contributed by atoms with Crippen molar-refractivity contribution in [3.8, 4) is 0 Å². The summed E-state index contributed by atoms with van der Waals surface area (Å²) in [5.41, 5.74) is 3.09. The number of hydrogen-bond donors (Lipinski definition) is 2. The summed E-state index contributed by atoms with van der Waals surface area (Å²) in [7, 11) is 0. The van der Waals surface area contributed by atoms with Gasteiger partial charge in [-0.2, -0.15) is 4.99 Å². The van der Waals surface area contributed by atoms with Crippen molar-refractivity contribution in [2.24, 2.45) is 9.98 Å². The molecule has 26 heavy (non-hydrogen) atoms. The second kappa shape index (κ2) is 9.12. The van der Waals surface area contributed by atoms with E-state index in [1.54, 1.807) is 18.3 Å². The summed E-state index contributed by atoms with van der Waals surface area (Å²) in [6.07, 6.45) is 2.77. The molecule has 0 radical (unpaired) electrons. The van der Waals surface area contributed by atoms with E-state index >= 15 is 0 Å². The predicted molar refractivity (Wildman–Crippen MR) is 114 cm³/mol. The molecule has 7 heteroatoms. The van der Waals surface area contributed by atoms with Crippen LogP contribution in [0.2, 0.25) is 10.0 Å². The SMILES string of the molecule is C/C(=C\N=C1N=C(Nc2ccc(Cl)cc2Cl)S1)NCCc1ccccc1. The zero-order chi connectivity index (χ0) is 18.4. The fraction of sp³-hybridized carbons (Fsp3) is 0.158. The summed E-state index contributed by atoms with van der Waals surface area (Å²) in [5.74, 6) is 0. The Balaban J connectivity index is 1.46. The van der Waals surface area contributed by atoms with E-state index in [0.717, 1.165) is 29.5 Å². The van der Waals surface area contributed by atoms with Gasteiger partial charge in [-0.15, -0.1) is 0 Å². The van der Waals surface area contributed by atoms with Crippen molar-refractivity contribution < 1.29 is 0 Å². The summed E-state index contributed by atoms with van der Waals surface area (Å²) in [6, 6.07) is 15.7. The van der Waals surface area contributed by atoms with Crippen LogP contribution in [-0.2, 0) is 6.42 Å². The zero-order valence-electron chi connectivity index (χ0n) is 14.2. The number of allylic oxidation sites excluding steroid dienone is 1. The van der Waals surface area contributed by atoms with Crippen LogP contribution in [0.5, 0.6) is 0 Å². The van der Waals surface area contributed by atoms with Crippen LogP contribution in [0.4, 0.5) is 5.69 Å². The number of nitrogens with zero attached hydrogens (tertiary/aromatic N) is 2. The molecule has 0 saturated carbocycles. The highest BCUT2D eigenvalue weighted by molar-refractivity contribution is 8.29. The van der Waals surface area contributed by atoms with E-state index in [-0.39, 0.29) is 0 Å². The molecule has 0 saturated heterocycles. The maximum Gasteiger partial charge on any atom is 0.197 e. The monoisotopic (exact) mass is 404 g/mol. The Hall–Kier alpha value is -1.95. The lowest BCUT2D eigenvalue weighted by atomic mass is 10.1. The molecule has 0 aliphatic carbocycles. The van der Waals surface area contributed by atoms with Crippen molar-refractivity contribution >= 4 is 51.0 Å². The Kier molecular flexibility index (Phi) is 6.61. The Bertz CT molecular complexity index is 863. The van der Waals surface area contributed by atoms with E-state index < -0.39 is 0 Å². The molecule has 1 aliphatic heterocycles. The lowest BCUT2D eigenvalue weighted by Gasteiger charge is -2.16. The Morgan fingerprint density at radius 2 is 1.96 bits per heavy atom. The van der Waals surface area contributed by atoms with Gasteiger partial charge >= 0.3 is 0 Å². The van der Waals surface area contributed by atoms with Crippen LogP contribution < -0.4 is 10.6 Å². The van der Waals surface area contributed by atoms with Crippen molar-refractivity contribution in [1.82, 2.24) is 5.32 Å².